The molecule has 9 rings (SSSR count). The normalized spacial score (nSPS) is 13.4. The number of para-hydroxylation sites is 1. The van der Waals surface area contributed by atoms with Gasteiger partial charge in [-0.25, -0.2) is 9.97 Å². The number of furan rings is 1. The van der Waals surface area contributed by atoms with E-state index >= 15 is 0 Å². The van der Waals surface area contributed by atoms with Crippen molar-refractivity contribution in [3.63, 3.8) is 0 Å². The van der Waals surface area contributed by atoms with Gasteiger partial charge < -0.3 is 14.4 Å². The van der Waals surface area contributed by atoms with E-state index in [1.807, 2.05) is 0 Å². The summed E-state index contributed by atoms with van der Waals surface area (Å²) in [5.74, 6) is 0.863. The second-order valence-corrected chi connectivity index (χ2v) is 22.5. The number of hydrogen-bond donors (Lipinski definition) is 2. The smallest absolute Gasteiger partial charge is 0.142 e. The summed E-state index contributed by atoms with van der Waals surface area (Å²) in [6.45, 7) is 29.8. The van der Waals surface area contributed by atoms with Gasteiger partial charge in [0.1, 0.15) is 11.3 Å². The number of fused-ring (bicyclic) bond motifs is 9. The van der Waals surface area contributed by atoms with Crippen molar-refractivity contribution in [2.24, 2.45) is 0 Å². The minimum Gasteiger partial charge on any atom is -0.456 e. The third kappa shape index (κ3) is 8.58. The standard InChI is InChI=1S/C60H66N4O/c1-14-15-18-45-44-19-16-17-20-52(44)65-56(45)55-50-27-25-48(63-50)53(36-29-38(57(2,3)4)33-39(30-36)58(5,6)7)46-23-21-42(61-46)35-43-22-24-47(62-43)54(49-26-28-51(55)64-49)37-31-40(59(8,9)10)34-41(32-37)60(11,12)13/h16-17,19-35,61,64H,14-15,18H2,1-13H3. The van der Waals surface area contributed by atoms with Gasteiger partial charge in [-0.3, -0.25) is 0 Å². The van der Waals surface area contributed by atoms with E-state index in [2.05, 4.69) is 215 Å². The molecule has 8 bridgehead atoms. The molecule has 0 unspecified atom stereocenters. The van der Waals surface area contributed by atoms with Crippen molar-refractivity contribution >= 4 is 57.3 Å². The monoisotopic (exact) mass is 859 g/mol. The third-order valence-electron chi connectivity index (χ3n) is 13.2. The van der Waals surface area contributed by atoms with Gasteiger partial charge in [-0.15, -0.1) is 0 Å². The van der Waals surface area contributed by atoms with Crippen LogP contribution in [0.3, 0.4) is 0 Å². The summed E-state index contributed by atoms with van der Waals surface area (Å²) in [6.07, 6.45) is 11.7. The molecule has 5 heteroatoms. The van der Waals surface area contributed by atoms with Crippen LogP contribution in [0.25, 0.3) is 90.9 Å². The van der Waals surface area contributed by atoms with Gasteiger partial charge in [0, 0.05) is 38.6 Å². The molecule has 0 atom stereocenters. The number of aromatic nitrogens is 4. The summed E-state index contributed by atoms with van der Waals surface area (Å²) in [4.78, 5) is 18.9. The maximum absolute atomic E-state index is 7.02. The Bertz CT molecular complexity index is 3080. The Hall–Kier alpha value is -6.20. The van der Waals surface area contributed by atoms with Crippen LogP contribution in [0.1, 0.15) is 153 Å². The predicted octanol–water partition coefficient (Wildman–Crippen LogP) is 16.9. The fourth-order valence-electron chi connectivity index (χ4n) is 9.16. The van der Waals surface area contributed by atoms with Crippen LogP contribution < -0.4 is 0 Å². The number of unbranched alkanes of at least 4 members (excludes halogenated alkanes) is 1. The van der Waals surface area contributed by atoms with Crippen LogP contribution in [0.2, 0.25) is 0 Å². The first-order chi connectivity index (χ1) is 30.7. The molecule has 65 heavy (non-hydrogen) atoms. The van der Waals surface area contributed by atoms with E-state index in [1.165, 1.54) is 27.8 Å². The van der Waals surface area contributed by atoms with E-state index in [0.29, 0.717) is 0 Å². The highest BCUT2D eigenvalue weighted by atomic mass is 16.3. The molecule has 0 saturated heterocycles. The predicted molar refractivity (Wildman–Crippen MR) is 278 cm³/mol. The van der Waals surface area contributed by atoms with Crippen LogP contribution in [0, 0.1) is 0 Å². The second kappa shape index (κ2) is 16.0. The second-order valence-electron chi connectivity index (χ2n) is 22.5. The number of aromatic amines is 2. The molecule has 2 aliphatic heterocycles. The molecule has 2 N–H and O–H groups in total. The van der Waals surface area contributed by atoms with E-state index in [-0.39, 0.29) is 21.7 Å². The van der Waals surface area contributed by atoms with Crippen molar-refractivity contribution in [2.75, 3.05) is 0 Å². The van der Waals surface area contributed by atoms with Gasteiger partial charge >= 0.3 is 0 Å². The van der Waals surface area contributed by atoms with E-state index in [4.69, 9.17) is 14.4 Å². The number of aryl methyl sites for hydroxylation is 1. The van der Waals surface area contributed by atoms with Gasteiger partial charge in [0.25, 0.3) is 0 Å². The van der Waals surface area contributed by atoms with Crippen LogP contribution in [-0.4, -0.2) is 19.9 Å². The molecule has 3 aromatic carbocycles. The molecule has 0 spiro atoms. The third-order valence-corrected chi connectivity index (χ3v) is 13.2. The number of nitrogens with zero attached hydrogens (tertiary/aromatic N) is 2. The molecule has 7 aromatic rings. The highest BCUT2D eigenvalue weighted by Gasteiger charge is 2.27. The number of rotatable bonds is 6. The van der Waals surface area contributed by atoms with Crippen LogP contribution in [-0.2, 0) is 28.1 Å². The van der Waals surface area contributed by atoms with Gasteiger partial charge in [0.2, 0.25) is 0 Å². The zero-order chi connectivity index (χ0) is 46.2. The lowest BCUT2D eigenvalue weighted by Gasteiger charge is -2.26. The Labute approximate surface area is 386 Å². The molecule has 332 valence electrons. The van der Waals surface area contributed by atoms with Crippen LogP contribution >= 0.6 is 0 Å². The number of benzene rings is 3. The van der Waals surface area contributed by atoms with Crippen molar-refractivity contribution in [1.29, 1.82) is 0 Å². The average Bonchev–Trinajstić information content (AvgIpc) is 4.10. The maximum atomic E-state index is 7.02. The van der Waals surface area contributed by atoms with Gasteiger partial charge in [-0.2, -0.15) is 0 Å². The lowest BCUT2D eigenvalue weighted by molar-refractivity contribution is 0.568. The summed E-state index contributed by atoms with van der Waals surface area (Å²) in [7, 11) is 0. The fourth-order valence-corrected chi connectivity index (χ4v) is 9.16. The number of H-pyrrole nitrogens is 2. The first kappa shape index (κ1) is 44.0. The zero-order valence-corrected chi connectivity index (χ0v) is 40.9. The Morgan fingerprint density at radius 2 is 0.969 bits per heavy atom. The first-order valence-corrected chi connectivity index (χ1v) is 23.6. The Morgan fingerprint density at radius 1 is 0.492 bits per heavy atom. The molecule has 0 aliphatic carbocycles. The van der Waals surface area contributed by atoms with Crippen molar-refractivity contribution in [3.05, 3.63) is 142 Å². The Balaban J connectivity index is 1.45. The molecule has 0 fully saturated rings. The lowest BCUT2D eigenvalue weighted by Crippen LogP contribution is -2.16. The van der Waals surface area contributed by atoms with Crippen LogP contribution in [0.4, 0.5) is 0 Å². The van der Waals surface area contributed by atoms with Crippen molar-refractivity contribution < 1.29 is 4.42 Å². The van der Waals surface area contributed by atoms with E-state index < -0.39 is 0 Å². The molecule has 0 radical (unpaired) electrons. The summed E-state index contributed by atoms with van der Waals surface area (Å²) in [5, 5.41) is 1.15. The average molecular weight is 859 g/mol. The molecular formula is C60H66N4O. The Kier molecular flexibility index (Phi) is 10.9. The summed E-state index contributed by atoms with van der Waals surface area (Å²) in [5.41, 5.74) is 19.9. The van der Waals surface area contributed by atoms with Gasteiger partial charge in [0.05, 0.1) is 33.9 Å². The van der Waals surface area contributed by atoms with E-state index in [0.717, 1.165) is 109 Å². The minimum absolute atomic E-state index is 0.0595. The molecule has 5 nitrogen and oxygen atoms in total. The van der Waals surface area contributed by atoms with Crippen LogP contribution in [0.5, 0.6) is 0 Å². The van der Waals surface area contributed by atoms with E-state index in [1.54, 1.807) is 0 Å². The first-order valence-electron chi connectivity index (χ1n) is 23.6. The van der Waals surface area contributed by atoms with Gasteiger partial charge in [0.15, 0.2) is 0 Å². The zero-order valence-electron chi connectivity index (χ0n) is 40.9. The minimum atomic E-state index is -0.0595. The van der Waals surface area contributed by atoms with Gasteiger partial charge in [-0.05, 0) is 129 Å². The lowest BCUT2D eigenvalue weighted by atomic mass is 9.78. The summed E-state index contributed by atoms with van der Waals surface area (Å²) < 4.78 is 7.02. The highest BCUT2D eigenvalue weighted by molar-refractivity contribution is 5.99. The Morgan fingerprint density at radius 3 is 1.52 bits per heavy atom. The summed E-state index contributed by atoms with van der Waals surface area (Å²) in [6, 6.07) is 33.7. The largest absolute Gasteiger partial charge is 0.456 e. The molecule has 0 amide bonds. The molecule has 0 saturated carbocycles. The number of hydrogen-bond acceptors (Lipinski definition) is 3. The summed E-state index contributed by atoms with van der Waals surface area (Å²) >= 11 is 0. The van der Waals surface area contributed by atoms with Gasteiger partial charge in [-0.1, -0.05) is 151 Å². The maximum Gasteiger partial charge on any atom is 0.142 e. The molecule has 6 heterocycles. The van der Waals surface area contributed by atoms with E-state index in [9.17, 15) is 0 Å². The fraction of sp³-hybridized carbons (Fsp3) is 0.333. The number of nitrogens with one attached hydrogen (secondary N) is 2. The van der Waals surface area contributed by atoms with Crippen LogP contribution in [0.15, 0.2) is 95.4 Å². The highest BCUT2D eigenvalue weighted by Crippen LogP contribution is 2.43. The molecule has 2 aliphatic rings. The van der Waals surface area contributed by atoms with Crippen molar-refractivity contribution in [3.8, 4) is 33.6 Å². The van der Waals surface area contributed by atoms with Crippen molar-refractivity contribution in [1.82, 2.24) is 19.9 Å². The van der Waals surface area contributed by atoms with Crippen molar-refractivity contribution in [2.45, 2.75) is 131 Å². The topological polar surface area (TPSA) is 70.5 Å². The molecule has 4 aromatic heterocycles. The quantitative estimate of drug-likeness (QED) is 0.175. The molecular weight excluding hydrogens is 793 g/mol. The SMILES string of the molecule is CCCCc1c(-c2c3nc(c(-c4cc(C(C)(C)C)cc(C(C)(C)C)c4)c4ccc(cc5nc(c(-c6cc(C(C)(C)C)cc(C(C)(C)C)c6)c6ccc2[nH]6)C=C5)[nH]4)C=C3)oc2ccccc12.